The van der Waals surface area contributed by atoms with Crippen molar-refractivity contribution >= 4 is 5.91 Å². The van der Waals surface area contributed by atoms with Crippen molar-refractivity contribution < 1.29 is 4.79 Å². The molecule has 4 heterocycles. The van der Waals surface area contributed by atoms with Gasteiger partial charge in [-0.25, -0.2) is 4.98 Å². The first-order valence-corrected chi connectivity index (χ1v) is 10.0. The molecule has 0 unspecified atom stereocenters. The number of nitrogens with zero attached hydrogens (tertiary/aromatic N) is 6. The summed E-state index contributed by atoms with van der Waals surface area (Å²) in [5.74, 6) is 1.51. The van der Waals surface area contributed by atoms with Gasteiger partial charge in [0.25, 0.3) is 5.91 Å². The van der Waals surface area contributed by atoms with E-state index in [-0.39, 0.29) is 5.91 Å². The van der Waals surface area contributed by atoms with E-state index in [0.717, 1.165) is 61.0 Å². The van der Waals surface area contributed by atoms with Crippen molar-refractivity contribution in [2.24, 2.45) is 13.0 Å². The van der Waals surface area contributed by atoms with Crippen LogP contribution in [0.5, 0.6) is 0 Å². The number of pyridine rings is 1. The van der Waals surface area contributed by atoms with Crippen molar-refractivity contribution in [1.82, 2.24) is 29.4 Å². The van der Waals surface area contributed by atoms with Crippen LogP contribution in [0.1, 0.15) is 40.4 Å². The number of carbonyl (C=O) groups is 1. The molecule has 29 heavy (non-hydrogen) atoms. The Labute approximate surface area is 170 Å². The highest BCUT2D eigenvalue weighted by Crippen LogP contribution is 2.27. The summed E-state index contributed by atoms with van der Waals surface area (Å²) in [6.45, 7) is 5.43. The van der Waals surface area contributed by atoms with Crippen LogP contribution in [0.2, 0.25) is 0 Å². The number of hydrogen-bond donors (Lipinski definition) is 0. The van der Waals surface area contributed by atoms with E-state index in [1.807, 2.05) is 48.7 Å². The minimum Gasteiger partial charge on any atom is -0.339 e. The number of hydrogen-bond acceptors (Lipinski definition) is 5. The van der Waals surface area contributed by atoms with E-state index in [4.69, 9.17) is 0 Å². The number of piperidine rings is 1. The first-order chi connectivity index (χ1) is 14.0. The van der Waals surface area contributed by atoms with Gasteiger partial charge in [0.15, 0.2) is 0 Å². The zero-order valence-corrected chi connectivity index (χ0v) is 17.2. The molecule has 1 aliphatic heterocycles. The van der Waals surface area contributed by atoms with Crippen LogP contribution in [0.25, 0.3) is 11.4 Å². The van der Waals surface area contributed by atoms with Gasteiger partial charge < -0.3 is 9.47 Å². The number of aryl methyl sites for hydroxylation is 2. The zero-order chi connectivity index (χ0) is 20.4. The Morgan fingerprint density at radius 2 is 1.79 bits per heavy atom. The molecule has 3 aromatic rings. The maximum absolute atomic E-state index is 12.7. The molecule has 1 aliphatic rings. The highest BCUT2D eigenvalue weighted by Gasteiger charge is 2.25. The second-order valence-electron chi connectivity index (χ2n) is 7.73. The van der Waals surface area contributed by atoms with Gasteiger partial charge in [-0.3, -0.25) is 19.7 Å². The van der Waals surface area contributed by atoms with Crippen molar-refractivity contribution in [3.05, 3.63) is 59.7 Å². The van der Waals surface area contributed by atoms with Crippen molar-refractivity contribution in [2.75, 3.05) is 13.1 Å². The number of likely N-dealkylation sites (tertiary alicyclic amines) is 1. The molecule has 0 bridgehead atoms. The lowest BCUT2D eigenvalue weighted by atomic mass is 9.91. The second-order valence-corrected chi connectivity index (χ2v) is 7.73. The normalized spacial score (nSPS) is 14.9. The van der Waals surface area contributed by atoms with E-state index >= 15 is 0 Å². The Kier molecular flexibility index (Phi) is 5.38. The van der Waals surface area contributed by atoms with Crippen LogP contribution in [-0.2, 0) is 13.5 Å². The standard InChI is InChI=1S/C22H26N6O/c1-15-4-5-18(13-25-15)22(29)28-10-6-17(7-11-28)12-19-21(24-9-8-23-19)20-14-26-16(2)27(20)3/h4-5,8-9,13-14,17H,6-7,10-12H2,1-3H3. The van der Waals surface area contributed by atoms with Gasteiger partial charge in [-0.15, -0.1) is 0 Å². The van der Waals surface area contributed by atoms with Crippen molar-refractivity contribution in [3.63, 3.8) is 0 Å². The molecule has 150 valence electrons. The Morgan fingerprint density at radius 3 is 2.45 bits per heavy atom. The first-order valence-electron chi connectivity index (χ1n) is 10.0. The fourth-order valence-corrected chi connectivity index (χ4v) is 3.84. The fourth-order valence-electron chi connectivity index (χ4n) is 3.84. The molecular weight excluding hydrogens is 364 g/mol. The van der Waals surface area contributed by atoms with Gasteiger partial charge in [-0.1, -0.05) is 0 Å². The number of aromatic nitrogens is 5. The molecule has 0 aromatic carbocycles. The first kappa shape index (κ1) is 19.2. The Hall–Kier alpha value is -3.09. The second kappa shape index (κ2) is 8.11. The maximum atomic E-state index is 12.7. The topological polar surface area (TPSA) is 76.8 Å². The van der Waals surface area contributed by atoms with Gasteiger partial charge in [-0.2, -0.15) is 0 Å². The fraction of sp³-hybridized carbons (Fsp3) is 0.409. The van der Waals surface area contributed by atoms with Gasteiger partial charge in [0.2, 0.25) is 0 Å². The summed E-state index contributed by atoms with van der Waals surface area (Å²) in [6.07, 6.45) is 9.81. The van der Waals surface area contributed by atoms with Crippen molar-refractivity contribution in [1.29, 1.82) is 0 Å². The average Bonchev–Trinajstić information content (AvgIpc) is 3.07. The smallest absolute Gasteiger partial charge is 0.255 e. The molecule has 1 fully saturated rings. The Morgan fingerprint density at radius 1 is 1.03 bits per heavy atom. The lowest BCUT2D eigenvalue weighted by molar-refractivity contribution is 0.0690. The molecule has 1 saturated heterocycles. The third-order valence-electron chi connectivity index (χ3n) is 5.78. The summed E-state index contributed by atoms with van der Waals surface area (Å²) in [6, 6.07) is 3.74. The summed E-state index contributed by atoms with van der Waals surface area (Å²) in [7, 11) is 2.00. The van der Waals surface area contributed by atoms with E-state index in [2.05, 4.69) is 19.9 Å². The summed E-state index contributed by atoms with van der Waals surface area (Å²) < 4.78 is 2.05. The van der Waals surface area contributed by atoms with Gasteiger partial charge in [0, 0.05) is 44.4 Å². The van der Waals surface area contributed by atoms with Gasteiger partial charge in [0.1, 0.15) is 11.5 Å². The predicted molar refractivity (Wildman–Crippen MR) is 110 cm³/mol. The molecule has 0 saturated carbocycles. The molecule has 0 radical (unpaired) electrons. The molecule has 0 atom stereocenters. The maximum Gasteiger partial charge on any atom is 0.255 e. The average molecular weight is 390 g/mol. The lowest BCUT2D eigenvalue weighted by Gasteiger charge is -2.32. The third kappa shape index (κ3) is 4.04. The van der Waals surface area contributed by atoms with Gasteiger partial charge in [-0.05, 0) is 51.2 Å². The van der Waals surface area contributed by atoms with Crippen LogP contribution >= 0.6 is 0 Å². The quantitative estimate of drug-likeness (QED) is 0.684. The van der Waals surface area contributed by atoms with Gasteiger partial charge >= 0.3 is 0 Å². The SMILES string of the molecule is Cc1ccc(C(=O)N2CCC(Cc3nccnc3-c3cnc(C)n3C)CC2)cn1. The molecule has 1 amide bonds. The number of carbonyl (C=O) groups excluding carboxylic acids is 1. The van der Waals surface area contributed by atoms with E-state index < -0.39 is 0 Å². The molecular formula is C22H26N6O. The highest BCUT2D eigenvalue weighted by molar-refractivity contribution is 5.94. The third-order valence-corrected chi connectivity index (χ3v) is 5.78. The number of amides is 1. The lowest BCUT2D eigenvalue weighted by Crippen LogP contribution is -2.39. The van der Waals surface area contributed by atoms with Crippen LogP contribution in [-0.4, -0.2) is 48.4 Å². The van der Waals surface area contributed by atoms with Crippen molar-refractivity contribution in [2.45, 2.75) is 33.1 Å². The van der Waals surface area contributed by atoms with Crippen LogP contribution in [0, 0.1) is 19.8 Å². The number of imidazole rings is 1. The van der Waals surface area contributed by atoms with E-state index in [9.17, 15) is 4.79 Å². The monoisotopic (exact) mass is 390 g/mol. The van der Waals surface area contributed by atoms with Crippen molar-refractivity contribution in [3.8, 4) is 11.4 Å². The molecule has 7 heteroatoms. The summed E-state index contributed by atoms with van der Waals surface area (Å²) in [5.41, 5.74) is 4.48. The summed E-state index contributed by atoms with van der Waals surface area (Å²) in [4.78, 5) is 32.5. The van der Waals surface area contributed by atoms with Crippen LogP contribution < -0.4 is 0 Å². The predicted octanol–water partition coefficient (Wildman–Crippen LogP) is 2.98. The van der Waals surface area contributed by atoms with E-state index in [0.29, 0.717) is 11.5 Å². The Balaban J connectivity index is 1.42. The molecule has 3 aromatic heterocycles. The Bertz CT molecular complexity index is 1000. The zero-order valence-electron chi connectivity index (χ0n) is 17.2. The van der Waals surface area contributed by atoms with Crippen LogP contribution in [0.15, 0.2) is 36.9 Å². The minimum atomic E-state index is 0.0708. The molecule has 0 spiro atoms. The van der Waals surface area contributed by atoms with E-state index in [1.165, 1.54) is 0 Å². The largest absolute Gasteiger partial charge is 0.339 e. The molecule has 7 nitrogen and oxygen atoms in total. The van der Waals surface area contributed by atoms with Crippen LogP contribution in [0.3, 0.4) is 0 Å². The molecule has 4 rings (SSSR count). The summed E-state index contributed by atoms with van der Waals surface area (Å²) >= 11 is 0. The molecule has 0 aliphatic carbocycles. The highest BCUT2D eigenvalue weighted by atomic mass is 16.2. The summed E-state index contributed by atoms with van der Waals surface area (Å²) in [5, 5.41) is 0. The minimum absolute atomic E-state index is 0.0708. The van der Waals surface area contributed by atoms with E-state index in [1.54, 1.807) is 18.6 Å². The molecule has 0 N–H and O–H groups in total. The van der Waals surface area contributed by atoms with Gasteiger partial charge in [0.05, 0.1) is 23.1 Å². The number of rotatable bonds is 4. The van der Waals surface area contributed by atoms with Crippen LogP contribution in [0.4, 0.5) is 0 Å².